The van der Waals surface area contributed by atoms with Crippen LogP contribution in [-0.2, 0) is 11.3 Å². The van der Waals surface area contributed by atoms with Crippen LogP contribution in [0.1, 0.15) is 21.9 Å². The SMILES string of the molecule is COc1ccc(-c2cc(COC(=O)c3cc(C)on3)no2)cc1. The minimum atomic E-state index is -0.573. The zero-order valence-corrected chi connectivity index (χ0v) is 12.6. The molecule has 0 saturated carbocycles. The fraction of sp³-hybridized carbons (Fsp3) is 0.188. The molecule has 1 aromatic carbocycles. The van der Waals surface area contributed by atoms with Crippen LogP contribution in [0.3, 0.4) is 0 Å². The predicted octanol–water partition coefficient (Wildman–Crippen LogP) is 3.00. The molecule has 0 N–H and O–H groups in total. The van der Waals surface area contributed by atoms with E-state index < -0.39 is 5.97 Å². The normalized spacial score (nSPS) is 10.5. The standard InChI is InChI=1S/C16H14N2O5/c1-10-7-14(18-22-10)16(19)21-9-12-8-15(23-17-12)11-3-5-13(20-2)6-4-11/h3-8H,9H2,1-2H3. The molecule has 0 spiro atoms. The largest absolute Gasteiger partial charge is 0.497 e. The van der Waals surface area contributed by atoms with E-state index in [0.717, 1.165) is 11.3 Å². The van der Waals surface area contributed by atoms with Crippen LogP contribution in [0.4, 0.5) is 0 Å². The summed E-state index contributed by atoms with van der Waals surface area (Å²) in [5, 5.41) is 7.47. The monoisotopic (exact) mass is 314 g/mol. The van der Waals surface area contributed by atoms with Gasteiger partial charge in [0.1, 0.15) is 23.8 Å². The molecule has 0 aliphatic heterocycles. The number of nitrogens with zero attached hydrogens (tertiary/aromatic N) is 2. The van der Waals surface area contributed by atoms with E-state index in [2.05, 4.69) is 10.3 Å². The van der Waals surface area contributed by atoms with Crippen LogP contribution in [0.5, 0.6) is 5.75 Å². The van der Waals surface area contributed by atoms with Gasteiger partial charge < -0.3 is 18.5 Å². The Kier molecular flexibility index (Phi) is 4.09. The number of aryl methyl sites for hydroxylation is 1. The summed E-state index contributed by atoms with van der Waals surface area (Å²) in [5.41, 5.74) is 1.48. The third-order valence-electron chi connectivity index (χ3n) is 3.12. The van der Waals surface area contributed by atoms with Crippen LogP contribution in [0, 0.1) is 6.92 Å². The number of esters is 1. The van der Waals surface area contributed by atoms with Gasteiger partial charge in [-0.2, -0.15) is 0 Å². The van der Waals surface area contributed by atoms with Crippen molar-refractivity contribution in [3.63, 3.8) is 0 Å². The van der Waals surface area contributed by atoms with Gasteiger partial charge in [0.2, 0.25) is 0 Å². The van der Waals surface area contributed by atoms with Crippen LogP contribution < -0.4 is 4.74 Å². The number of carbonyl (C=O) groups excluding carboxylic acids is 1. The Morgan fingerprint density at radius 1 is 1.13 bits per heavy atom. The Labute approximate surface area is 131 Å². The van der Waals surface area contributed by atoms with Crippen molar-refractivity contribution < 1.29 is 23.3 Å². The van der Waals surface area contributed by atoms with Gasteiger partial charge in [0.15, 0.2) is 11.5 Å². The maximum Gasteiger partial charge on any atom is 0.360 e. The molecule has 2 heterocycles. The third-order valence-corrected chi connectivity index (χ3v) is 3.12. The summed E-state index contributed by atoms with van der Waals surface area (Å²) < 4.78 is 20.3. The fourth-order valence-corrected chi connectivity index (χ4v) is 1.95. The Morgan fingerprint density at radius 2 is 1.91 bits per heavy atom. The molecule has 0 fully saturated rings. The second-order valence-corrected chi connectivity index (χ2v) is 4.81. The van der Waals surface area contributed by atoms with E-state index in [4.69, 9.17) is 18.5 Å². The number of hydrogen-bond acceptors (Lipinski definition) is 7. The average molecular weight is 314 g/mol. The van der Waals surface area contributed by atoms with Crippen molar-refractivity contribution in [2.45, 2.75) is 13.5 Å². The van der Waals surface area contributed by atoms with Gasteiger partial charge >= 0.3 is 5.97 Å². The highest BCUT2D eigenvalue weighted by molar-refractivity contribution is 5.87. The molecule has 0 aliphatic carbocycles. The summed E-state index contributed by atoms with van der Waals surface area (Å²) in [4.78, 5) is 11.8. The molecule has 23 heavy (non-hydrogen) atoms. The number of methoxy groups -OCH3 is 1. The Morgan fingerprint density at radius 3 is 2.57 bits per heavy atom. The summed E-state index contributed by atoms with van der Waals surface area (Å²) in [6.45, 7) is 1.69. The van der Waals surface area contributed by atoms with Crippen molar-refractivity contribution in [3.8, 4) is 17.1 Å². The van der Waals surface area contributed by atoms with Crippen LogP contribution in [-0.4, -0.2) is 23.4 Å². The first-order valence-electron chi connectivity index (χ1n) is 6.86. The molecule has 7 heteroatoms. The number of hydrogen-bond donors (Lipinski definition) is 0. The Balaban J connectivity index is 1.63. The highest BCUT2D eigenvalue weighted by atomic mass is 16.5. The van der Waals surface area contributed by atoms with Crippen molar-refractivity contribution in [3.05, 3.63) is 53.5 Å². The highest BCUT2D eigenvalue weighted by Crippen LogP contribution is 2.23. The summed E-state index contributed by atoms with van der Waals surface area (Å²) in [6, 6.07) is 10.6. The molecule has 0 aliphatic rings. The molecule has 0 unspecified atom stereocenters. The highest BCUT2D eigenvalue weighted by Gasteiger charge is 2.14. The fourth-order valence-electron chi connectivity index (χ4n) is 1.95. The van der Waals surface area contributed by atoms with Crippen molar-refractivity contribution >= 4 is 5.97 Å². The lowest BCUT2D eigenvalue weighted by Crippen LogP contribution is -2.05. The Hall–Kier alpha value is -3.09. The molecular formula is C16H14N2O5. The second-order valence-electron chi connectivity index (χ2n) is 4.81. The quantitative estimate of drug-likeness (QED) is 0.669. The topological polar surface area (TPSA) is 87.6 Å². The summed E-state index contributed by atoms with van der Waals surface area (Å²) in [6.07, 6.45) is 0. The van der Waals surface area contributed by atoms with Gasteiger partial charge in [0, 0.05) is 17.7 Å². The summed E-state index contributed by atoms with van der Waals surface area (Å²) in [5.74, 6) is 1.30. The average Bonchev–Trinajstić information content (AvgIpc) is 3.22. The Bertz CT molecular complexity index is 804. The van der Waals surface area contributed by atoms with E-state index in [1.54, 1.807) is 20.1 Å². The van der Waals surface area contributed by atoms with E-state index in [9.17, 15) is 4.79 Å². The predicted molar refractivity (Wildman–Crippen MR) is 78.9 cm³/mol. The zero-order chi connectivity index (χ0) is 16.2. The van der Waals surface area contributed by atoms with Gasteiger partial charge in [0.05, 0.1) is 7.11 Å². The molecule has 0 amide bonds. The van der Waals surface area contributed by atoms with Gasteiger partial charge in [-0.05, 0) is 31.2 Å². The molecule has 0 radical (unpaired) electrons. The van der Waals surface area contributed by atoms with Crippen molar-refractivity contribution in [1.82, 2.24) is 10.3 Å². The number of rotatable bonds is 5. The summed E-state index contributed by atoms with van der Waals surface area (Å²) in [7, 11) is 1.60. The lowest BCUT2D eigenvalue weighted by atomic mass is 10.1. The van der Waals surface area contributed by atoms with Gasteiger partial charge in [0.25, 0.3) is 0 Å². The van der Waals surface area contributed by atoms with Crippen LogP contribution >= 0.6 is 0 Å². The first-order valence-corrected chi connectivity index (χ1v) is 6.86. The molecule has 2 aromatic heterocycles. The molecule has 0 bridgehead atoms. The number of benzene rings is 1. The number of carbonyl (C=O) groups is 1. The second kappa shape index (κ2) is 6.35. The molecule has 0 atom stereocenters. The van der Waals surface area contributed by atoms with Crippen LogP contribution in [0.25, 0.3) is 11.3 Å². The van der Waals surface area contributed by atoms with Crippen LogP contribution in [0.2, 0.25) is 0 Å². The van der Waals surface area contributed by atoms with E-state index in [1.165, 1.54) is 6.07 Å². The van der Waals surface area contributed by atoms with Gasteiger partial charge in [-0.25, -0.2) is 4.79 Å². The lowest BCUT2D eigenvalue weighted by Gasteiger charge is -1.99. The first-order chi connectivity index (χ1) is 11.2. The number of aromatic nitrogens is 2. The molecule has 3 aromatic rings. The molecular weight excluding hydrogens is 300 g/mol. The lowest BCUT2D eigenvalue weighted by molar-refractivity contribution is 0.0452. The minimum Gasteiger partial charge on any atom is -0.497 e. The van der Waals surface area contributed by atoms with Crippen LogP contribution in [0.15, 0.2) is 45.4 Å². The van der Waals surface area contributed by atoms with Gasteiger partial charge in [-0.1, -0.05) is 10.3 Å². The van der Waals surface area contributed by atoms with Crippen molar-refractivity contribution in [2.24, 2.45) is 0 Å². The van der Waals surface area contributed by atoms with E-state index >= 15 is 0 Å². The van der Waals surface area contributed by atoms with E-state index in [-0.39, 0.29) is 12.3 Å². The van der Waals surface area contributed by atoms with Gasteiger partial charge in [-0.3, -0.25) is 0 Å². The maximum absolute atomic E-state index is 11.8. The van der Waals surface area contributed by atoms with E-state index in [0.29, 0.717) is 17.2 Å². The molecule has 7 nitrogen and oxygen atoms in total. The smallest absolute Gasteiger partial charge is 0.360 e. The third kappa shape index (κ3) is 3.39. The zero-order valence-electron chi connectivity index (χ0n) is 12.6. The molecule has 3 rings (SSSR count). The van der Waals surface area contributed by atoms with Crippen molar-refractivity contribution in [1.29, 1.82) is 0 Å². The van der Waals surface area contributed by atoms with E-state index in [1.807, 2.05) is 24.3 Å². The summed E-state index contributed by atoms with van der Waals surface area (Å²) >= 11 is 0. The van der Waals surface area contributed by atoms with Gasteiger partial charge in [-0.15, -0.1) is 0 Å². The first kappa shape index (κ1) is 14.8. The van der Waals surface area contributed by atoms with Crippen molar-refractivity contribution in [2.75, 3.05) is 7.11 Å². The maximum atomic E-state index is 11.8. The minimum absolute atomic E-state index is 0.00953. The number of ether oxygens (including phenoxy) is 2. The molecule has 0 saturated heterocycles. The molecule has 118 valence electrons.